The molecule has 2 heterocycles. The number of fused-ring (bicyclic) bond motifs is 2. The Labute approximate surface area is 231 Å². The fraction of sp³-hybridized carbons (Fsp3) is 0.636. The number of aliphatic hydroxyl groups is 1. The Kier molecular flexibility index (Phi) is 4.98. The second kappa shape index (κ2) is 7.92. The minimum absolute atomic E-state index is 0.0118. The highest BCUT2D eigenvalue weighted by Gasteiger charge is 2.84. The molecule has 6 nitrogen and oxygen atoms in total. The van der Waals surface area contributed by atoms with E-state index < -0.39 is 17.1 Å². The minimum Gasteiger partial charge on any atom is -0.497 e. The van der Waals surface area contributed by atoms with Crippen molar-refractivity contribution in [2.45, 2.75) is 81.1 Å². The van der Waals surface area contributed by atoms with Crippen LogP contribution in [-0.2, 0) is 16.6 Å². The predicted molar refractivity (Wildman–Crippen MR) is 148 cm³/mol. The van der Waals surface area contributed by atoms with Crippen LogP contribution in [0.4, 0.5) is 0 Å². The van der Waals surface area contributed by atoms with Gasteiger partial charge in [0.15, 0.2) is 11.5 Å². The van der Waals surface area contributed by atoms with Gasteiger partial charge in [-0.15, -0.1) is 0 Å². The summed E-state index contributed by atoms with van der Waals surface area (Å²) in [5, 5.41) is 12.3. The van der Waals surface area contributed by atoms with E-state index in [1.807, 2.05) is 31.4 Å². The number of hydrogen-bond donors (Lipinski definition) is 1. The van der Waals surface area contributed by atoms with Crippen LogP contribution in [-0.4, -0.2) is 62.2 Å². The SMILES string of the molecule is COc1ccc(C(O)[C@@]2(C)C[C@@]34CC[C@]2(OC)[C@@H]2Oc5c(OC)ccc6c5[C@@]23CCN(CC2CC2)[C@@H]4C6)cc1. The maximum Gasteiger partial charge on any atom is 0.165 e. The number of hydrogen-bond acceptors (Lipinski definition) is 6. The Morgan fingerprint density at radius 1 is 1.03 bits per heavy atom. The average molecular weight is 532 g/mol. The molecule has 7 aliphatic rings. The summed E-state index contributed by atoms with van der Waals surface area (Å²) in [5.74, 6) is 3.41. The lowest BCUT2D eigenvalue weighted by molar-refractivity contribution is -0.324. The summed E-state index contributed by atoms with van der Waals surface area (Å²) in [7, 11) is 5.28. The van der Waals surface area contributed by atoms with Gasteiger partial charge in [-0.25, -0.2) is 0 Å². The van der Waals surface area contributed by atoms with Gasteiger partial charge in [-0.1, -0.05) is 25.1 Å². The van der Waals surface area contributed by atoms with E-state index in [0.717, 1.165) is 67.4 Å². The van der Waals surface area contributed by atoms with Crippen LogP contribution in [0.25, 0.3) is 0 Å². The Hall–Kier alpha value is -2.28. The van der Waals surface area contributed by atoms with Crippen molar-refractivity contribution < 1.29 is 24.1 Å². The van der Waals surface area contributed by atoms with E-state index in [4.69, 9.17) is 18.9 Å². The fourth-order valence-electron chi connectivity index (χ4n) is 10.5. The summed E-state index contributed by atoms with van der Waals surface area (Å²) in [6.07, 6.45) is 6.92. The Balaban J connectivity index is 1.34. The molecule has 0 aromatic heterocycles. The van der Waals surface area contributed by atoms with Gasteiger partial charge in [-0.3, -0.25) is 4.90 Å². The number of piperidine rings is 1. The van der Waals surface area contributed by atoms with E-state index in [-0.39, 0.29) is 16.9 Å². The van der Waals surface area contributed by atoms with Crippen LogP contribution in [0, 0.1) is 16.7 Å². The van der Waals surface area contributed by atoms with E-state index in [1.54, 1.807) is 14.2 Å². The lowest BCUT2D eigenvalue weighted by Crippen LogP contribution is -2.83. The molecule has 0 amide bonds. The third kappa shape index (κ3) is 2.74. The zero-order chi connectivity index (χ0) is 26.8. The molecule has 4 saturated carbocycles. The van der Waals surface area contributed by atoms with Crippen molar-refractivity contribution in [1.82, 2.24) is 4.90 Å². The highest BCUT2D eigenvalue weighted by Crippen LogP contribution is 2.80. The lowest BCUT2D eigenvalue weighted by atomic mass is 9.31. The molecule has 0 radical (unpaired) electrons. The highest BCUT2D eigenvalue weighted by molar-refractivity contribution is 5.64. The fourth-order valence-corrected chi connectivity index (χ4v) is 10.5. The van der Waals surface area contributed by atoms with Crippen LogP contribution in [0.1, 0.15) is 68.2 Å². The minimum atomic E-state index is -0.689. The molecule has 5 fully saturated rings. The van der Waals surface area contributed by atoms with E-state index in [2.05, 4.69) is 24.0 Å². The van der Waals surface area contributed by atoms with Gasteiger partial charge in [0.05, 0.1) is 20.3 Å². The highest BCUT2D eigenvalue weighted by atomic mass is 16.6. The topological polar surface area (TPSA) is 60.4 Å². The predicted octanol–water partition coefficient (Wildman–Crippen LogP) is 5.05. The average Bonchev–Trinajstić information content (AvgIpc) is 3.71. The van der Waals surface area contributed by atoms with Crippen LogP contribution in [0.2, 0.25) is 0 Å². The van der Waals surface area contributed by atoms with E-state index in [9.17, 15) is 5.11 Å². The van der Waals surface area contributed by atoms with Crippen LogP contribution < -0.4 is 14.2 Å². The summed E-state index contributed by atoms with van der Waals surface area (Å²) in [6.45, 7) is 4.59. The summed E-state index contributed by atoms with van der Waals surface area (Å²) in [6, 6.07) is 12.8. The molecule has 7 atom stereocenters. The number of nitrogens with zero attached hydrogens (tertiary/aromatic N) is 1. The summed E-state index contributed by atoms with van der Waals surface area (Å²) in [5.41, 5.74) is 2.47. The molecule has 208 valence electrons. The molecule has 6 heteroatoms. The van der Waals surface area contributed by atoms with Crippen LogP contribution in [0.15, 0.2) is 36.4 Å². The molecule has 1 saturated heterocycles. The van der Waals surface area contributed by atoms with E-state index in [1.165, 1.54) is 30.5 Å². The van der Waals surface area contributed by atoms with Crippen molar-refractivity contribution in [3.63, 3.8) is 0 Å². The number of aliphatic hydroxyl groups excluding tert-OH is 1. The third-order valence-corrected chi connectivity index (χ3v) is 12.3. The maximum absolute atomic E-state index is 12.3. The zero-order valence-corrected chi connectivity index (χ0v) is 23.7. The van der Waals surface area contributed by atoms with Crippen molar-refractivity contribution >= 4 is 0 Å². The molecule has 9 rings (SSSR count). The van der Waals surface area contributed by atoms with Gasteiger partial charge in [0.25, 0.3) is 0 Å². The molecular weight excluding hydrogens is 490 g/mol. The molecule has 39 heavy (non-hydrogen) atoms. The molecular formula is C33H41NO5. The lowest BCUT2D eigenvalue weighted by Gasteiger charge is -2.76. The van der Waals surface area contributed by atoms with Gasteiger partial charge in [-0.2, -0.15) is 0 Å². The number of rotatable bonds is 7. The van der Waals surface area contributed by atoms with Crippen LogP contribution in [0.5, 0.6) is 17.2 Å². The zero-order valence-electron chi connectivity index (χ0n) is 23.7. The molecule has 1 N–H and O–H groups in total. The molecule has 4 bridgehead atoms. The quantitative estimate of drug-likeness (QED) is 0.540. The molecule has 5 aliphatic carbocycles. The summed E-state index contributed by atoms with van der Waals surface area (Å²) in [4.78, 5) is 2.84. The smallest absolute Gasteiger partial charge is 0.165 e. The first-order chi connectivity index (χ1) is 18.9. The van der Waals surface area contributed by atoms with Crippen molar-refractivity contribution in [2.75, 3.05) is 34.4 Å². The van der Waals surface area contributed by atoms with Crippen molar-refractivity contribution in [3.05, 3.63) is 53.1 Å². The van der Waals surface area contributed by atoms with Gasteiger partial charge in [0.1, 0.15) is 17.5 Å². The number of benzene rings is 2. The molecule has 2 aromatic rings. The van der Waals surface area contributed by atoms with Crippen molar-refractivity contribution in [2.24, 2.45) is 16.7 Å². The second-order valence-corrected chi connectivity index (χ2v) is 13.5. The number of ether oxygens (including phenoxy) is 4. The van der Waals surface area contributed by atoms with Crippen molar-refractivity contribution in [1.29, 1.82) is 0 Å². The standard InChI is InChI=1S/C33H41NO5/c1-30(28(35)21-7-10-23(36-2)11-8-21)19-31-13-14-33(30,38-4)29-32(31)15-16-34(18-20-5-6-20)25(31)17-22-9-12-24(37-3)27(39-29)26(22)32/h7-12,20,25,28-29,35H,5-6,13-19H2,1-4H3/t25-,28?,29-,30-,31-,32+,33+/m1/s1. The van der Waals surface area contributed by atoms with Gasteiger partial charge in [0.2, 0.25) is 0 Å². The monoisotopic (exact) mass is 531 g/mol. The van der Waals surface area contributed by atoms with Gasteiger partial charge in [0, 0.05) is 41.5 Å². The van der Waals surface area contributed by atoms with Gasteiger partial charge >= 0.3 is 0 Å². The Bertz CT molecular complexity index is 1320. The number of likely N-dealkylation sites (tertiary alicyclic amines) is 1. The van der Waals surface area contributed by atoms with Crippen LogP contribution >= 0.6 is 0 Å². The third-order valence-electron chi connectivity index (χ3n) is 12.3. The largest absolute Gasteiger partial charge is 0.497 e. The Morgan fingerprint density at radius 3 is 2.51 bits per heavy atom. The first-order valence-corrected chi connectivity index (χ1v) is 14.9. The van der Waals surface area contributed by atoms with E-state index >= 15 is 0 Å². The van der Waals surface area contributed by atoms with Crippen LogP contribution in [0.3, 0.4) is 0 Å². The molecule has 2 aliphatic heterocycles. The summed E-state index contributed by atoms with van der Waals surface area (Å²) >= 11 is 0. The molecule has 1 unspecified atom stereocenters. The van der Waals surface area contributed by atoms with Gasteiger partial charge in [-0.05, 0) is 86.7 Å². The second-order valence-electron chi connectivity index (χ2n) is 13.5. The number of methoxy groups -OCH3 is 3. The first kappa shape index (κ1) is 24.5. The maximum atomic E-state index is 12.3. The van der Waals surface area contributed by atoms with Crippen molar-refractivity contribution in [3.8, 4) is 17.2 Å². The van der Waals surface area contributed by atoms with E-state index in [0.29, 0.717) is 6.04 Å². The van der Waals surface area contributed by atoms with Gasteiger partial charge < -0.3 is 24.1 Å². The summed E-state index contributed by atoms with van der Waals surface area (Å²) < 4.78 is 25.2. The first-order valence-electron chi connectivity index (χ1n) is 14.9. The molecule has 2 aromatic carbocycles. The molecule has 2 spiro atoms. The Morgan fingerprint density at radius 2 is 1.82 bits per heavy atom. The normalized spacial score (nSPS) is 40.1.